The van der Waals surface area contributed by atoms with Gasteiger partial charge in [-0.3, -0.25) is 0 Å². The van der Waals surface area contributed by atoms with E-state index in [1.807, 2.05) is 5.41 Å². The number of nitrogens with one attached hydrogen (secondary N) is 1. The Bertz CT molecular complexity index is 371. The predicted molar refractivity (Wildman–Crippen MR) is 66.3 cm³/mol. The van der Waals surface area contributed by atoms with E-state index in [4.69, 9.17) is 0 Å². The molecule has 74 valence electrons. The monoisotopic (exact) mass is 225 g/mol. The van der Waals surface area contributed by atoms with Gasteiger partial charge in [0, 0.05) is 5.56 Å². The van der Waals surface area contributed by atoms with E-state index in [9.17, 15) is 0 Å². The fourth-order valence-electron chi connectivity index (χ4n) is 1.33. The summed E-state index contributed by atoms with van der Waals surface area (Å²) < 4.78 is 3.27. The average Bonchev–Trinajstić information content (AvgIpc) is 2.20. The van der Waals surface area contributed by atoms with Crippen LogP contribution in [0.15, 0.2) is 41.8 Å². The molecule has 14 heavy (non-hydrogen) atoms. The first kappa shape index (κ1) is 11.2. The van der Waals surface area contributed by atoms with Crippen molar-refractivity contribution in [2.75, 3.05) is 0 Å². The van der Waals surface area contributed by atoms with E-state index in [2.05, 4.69) is 48.1 Å². The first-order valence-corrected chi connectivity index (χ1v) is 5.10. The summed E-state index contributed by atoms with van der Waals surface area (Å²) in [6.07, 6.45) is 4.15. The minimum atomic E-state index is 0. The maximum absolute atomic E-state index is 3.27. The Labute approximate surface area is 94.8 Å². The van der Waals surface area contributed by atoms with Crippen molar-refractivity contribution in [2.45, 2.75) is 6.92 Å². The quantitative estimate of drug-likeness (QED) is 0.734. The van der Waals surface area contributed by atoms with Gasteiger partial charge in [-0.05, 0) is 35.9 Å². The van der Waals surface area contributed by atoms with E-state index >= 15 is 0 Å². The zero-order chi connectivity index (χ0) is 9.10. The molecule has 2 rings (SSSR count). The smallest absolute Gasteiger partial charge is 0.0518 e. The van der Waals surface area contributed by atoms with Crippen molar-refractivity contribution < 1.29 is 0 Å². The number of halogens is 1. The summed E-state index contributed by atoms with van der Waals surface area (Å²) in [5.74, 6) is 0. The third-order valence-electron chi connectivity index (χ3n) is 2.01. The van der Waals surface area contributed by atoms with Crippen molar-refractivity contribution in [1.82, 2.24) is 4.72 Å². The van der Waals surface area contributed by atoms with Gasteiger partial charge in [-0.2, -0.15) is 0 Å². The molecule has 1 aliphatic heterocycles. The molecular weight excluding hydrogens is 214 g/mol. The summed E-state index contributed by atoms with van der Waals surface area (Å²) in [5, 5.41) is 2.03. The zero-order valence-electron chi connectivity index (χ0n) is 7.86. The van der Waals surface area contributed by atoms with Gasteiger partial charge in [-0.25, -0.2) is 0 Å². The Kier molecular flexibility index (Phi) is 4.11. The Balaban J connectivity index is 0.000000980. The maximum atomic E-state index is 3.27. The van der Waals surface area contributed by atoms with Crippen molar-refractivity contribution in [1.29, 1.82) is 0 Å². The maximum Gasteiger partial charge on any atom is 0.0518 e. The summed E-state index contributed by atoms with van der Waals surface area (Å²) in [6.45, 7) is 2.13. The molecule has 1 N–H and O–H groups in total. The molecule has 0 aliphatic carbocycles. The lowest BCUT2D eigenvalue weighted by molar-refractivity contribution is 1.34. The van der Waals surface area contributed by atoms with Gasteiger partial charge in [0.05, 0.1) is 5.70 Å². The molecule has 0 unspecified atom stereocenters. The SMILES string of the molecule is Cc1ccccc1C1=CC=CSN1.Cl. The van der Waals surface area contributed by atoms with Gasteiger partial charge in [0.2, 0.25) is 0 Å². The molecule has 0 radical (unpaired) electrons. The minimum absolute atomic E-state index is 0. The van der Waals surface area contributed by atoms with Crippen molar-refractivity contribution in [2.24, 2.45) is 0 Å². The van der Waals surface area contributed by atoms with Crippen LogP contribution in [0.25, 0.3) is 5.70 Å². The number of aryl methyl sites for hydroxylation is 1. The molecule has 1 aromatic carbocycles. The summed E-state index contributed by atoms with van der Waals surface area (Å²) in [6, 6.07) is 8.38. The molecule has 0 saturated heterocycles. The highest BCUT2D eigenvalue weighted by Gasteiger charge is 2.04. The largest absolute Gasteiger partial charge is 0.326 e. The lowest BCUT2D eigenvalue weighted by Crippen LogP contribution is -2.04. The highest BCUT2D eigenvalue weighted by molar-refractivity contribution is 8.00. The van der Waals surface area contributed by atoms with Crippen LogP contribution in [0.1, 0.15) is 11.1 Å². The first-order valence-electron chi connectivity index (χ1n) is 4.22. The Morgan fingerprint density at radius 3 is 2.64 bits per heavy atom. The fraction of sp³-hybridized carbons (Fsp3) is 0.0909. The van der Waals surface area contributed by atoms with Crippen molar-refractivity contribution in [3.63, 3.8) is 0 Å². The summed E-state index contributed by atoms with van der Waals surface area (Å²) >= 11 is 1.61. The molecular formula is C11H12ClNS. The second-order valence-corrected chi connectivity index (χ2v) is 3.66. The second kappa shape index (κ2) is 5.13. The molecule has 1 aliphatic rings. The van der Waals surface area contributed by atoms with Crippen LogP contribution in [-0.4, -0.2) is 0 Å². The van der Waals surface area contributed by atoms with E-state index < -0.39 is 0 Å². The standard InChI is InChI=1S/C11H11NS.ClH/c1-9-5-2-3-6-10(9)11-7-4-8-13-12-11;/h2-8,12H,1H3;1H. The van der Waals surface area contributed by atoms with E-state index in [1.165, 1.54) is 16.8 Å². The van der Waals surface area contributed by atoms with E-state index in [0.29, 0.717) is 0 Å². The lowest BCUT2D eigenvalue weighted by atomic mass is 10.1. The molecule has 0 bridgehead atoms. The first-order chi connectivity index (χ1) is 6.38. The molecule has 0 atom stereocenters. The van der Waals surface area contributed by atoms with Crippen LogP contribution >= 0.6 is 24.4 Å². The topological polar surface area (TPSA) is 12.0 Å². The van der Waals surface area contributed by atoms with Gasteiger partial charge in [-0.1, -0.05) is 30.3 Å². The van der Waals surface area contributed by atoms with Gasteiger partial charge in [-0.15, -0.1) is 12.4 Å². The van der Waals surface area contributed by atoms with Crippen molar-refractivity contribution in [3.8, 4) is 0 Å². The van der Waals surface area contributed by atoms with Crippen LogP contribution < -0.4 is 4.72 Å². The van der Waals surface area contributed by atoms with Gasteiger partial charge >= 0.3 is 0 Å². The van der Waals surface area contributed by atoms with Crippen LogP contribution in [0.2, 0.25) is 0 Å². The highest BCUT2D eigenvalue weighted by atomic mass is 35.5. The van der Waals surface area contributed by atoms with E-state index in [-0.39, 0.29) is 12.4 Å². The Hall–Kier alpha value is -0.860. The number of allylic oxidation sites excluding steroid dienone is 2. The van der Waals surface area contributed by atoms with Gasteiger partial charge in [0.15, 0.2) is 0 Å². The van der Waals surface area contributed by atoms with Gasteiger partial charge < -0.3 is 4.72 Å². The minimum Gasteiger partial charge on any atom is -0.326 e. The van der Waals surface area contributed by atoms with Crippen molar-refractivity contribution >= 4 is 30.1 Å². The molecule has 0 fully saturated rings. The Morgan fingerprint density at radius 2 is 2.00 bits per heavy atom. The zero-order valence-corrected chi connectivity index (χ0v) is 9.49. The van der Waals surface area contributed by atoms with Gasteiger partial charge in [0.25, 0.3) is 0 Å². The van der Waals surface area contributed by atoms with Crippen molar-refractivity contribution in [3.05, 3.63) is 53.0 Å². The lowest BCUT2D eigenvalue weighted by Gasteiger charge is -2.12. The number of rotatable bonds is 1. The summed E-state index contributed by atoms with van der Waals surface area (Å²) in [5.41, 5.74) is 3.77. The summed E-state index contributed by atoms with van der Waals surface area (Å²) in [7, 11) is 0. The van der Waals surface area contributed by atoms with E-state index in [1.54, 1.807) is 11.9 Å². The molecule has 1 nitrogen and oxygen atoms in total. The fourth-order valence-corrected chi connectivity index (χ4v) is 1.86. The molecule has 1 heterocycles. The van der Waals surface area contributed by atoms with Crippen LogP contribution in [-0.2, 0) is 0 Å². The average molecular weight is 226 g/mol. The molecule has 3 heteroatoms. The van der Waals surface area contributed by atoms with Crippen LogP contribution in [0.3, 0.4) is 0 Å². The predicted octanol–water partition coefficient (Wildman–Crippen LogP) is 3.52. The normalized spacial score (nSPS) is 13.9. The third-order valence-corrected chi connectivity index (χ3v) is 2.64. The Morgan fingerprint density at radius 1 is 1.21 bits per heavy atom. The molecule has 0 spiro atoms. The highest BCUT2D eigenvalue weighted by Crippen LogP contribution is 2.21. The third kappa shape index (κ3) is 2.34. The molecule has 0 saturated carbocycles. The molecule has 1 aromatic rings. The molecule has 0 amide bonds. The van der Waals surface area contributed by atoms with E-state index in [0.717, 1.165) is 0 Å². The number of hydrogen-bond acceptors (Lipinski definition) is 2. The molecule has 0 aromatic heterocycles. The number of hydrogen-bond donors (Lipinski definition) is 1. The second-order valence-electron chi connectivity index (χ2n) is 2.94. The van der Waals surface area contributed by atoms with Crippen LogP contribution in [0, 0.1) is 6.92 Å². The summed E-state index contributed by atoms with van der Waals surface area (Å²) in [4.78, 5) is 0. The number of benzene rings is 1. The van der Waals surface area contributed by atoms with Crippen LogP contribution in [0.4, 0.5) is 0 Å². The van der Waals surface area contributed by atoms with Crippen LogP contribution in [0.5, 0.6) is 0 Å². The van der Waals surface area contributed by atoms with Gasteiger partial charge in [0.1, 0.15) is 0 Å².